The average Bonchev–Trinajstić information content (AvgIpc) is 2.89. The third kappa shape index (κ3) is 5.08. The normalized spacial score (nSPS) is 11.3. The van der Waals surface area contributed by atoms with E-state index < -0.39 is 0 Å². The zero-order valence-electron chi connectivity index (χ0n) is 18.7. The minimum atomic E-state index is -0.317. The Hall–Kier alpha value is -3.81. The molecule has 178 valence electrons. The standard InChI is InChI=1S/C28H18BrClFN3O2/c29-24-15-21(30)14-20(26(24)36-17-18-10-12-22(31)13-11-18)16-32-34-27(19-6-2-1-3-7-19)33-25-9-5-4-8-23(25)28(34)35/h1-16H,17H2. The van der Waals surface area contributed by atoms with Crippen molar-refractivity contribution in [2.24, 2.45) is 5.10 Å². The van der Waals surface area contributed by atoms with Gasteiger partial charge in [0.15, 0.2) is 5.82 Å². The highest BCUT2D eigenvalue weighted by molar-refractivity contribution is 9.10. The van der Waals surface area contributed by atoms with E-state index in [1.54, 1.807) is 42.5 Å². The van der Waals surface area contributed by atoms with E-state index in [0.29, 0.717) is 37.5 Å². The Morgan fingerprint density at radius 1 is 1.00 bits per heavy atom. The molecular weight excluding hydrogens is 545 g/mol. The van der Waals surface area contributed by atoms with Crippen molar-refractivity contribution in [2.75, 3.05) is 0 Å². The zero-order valence-corrected chi connectivity index (χ0v) is 21.1. The fraction of sp³-hybridized carbons (Fsp3) is 0.0357. The Morgan fingerprint density at radius 3 is 2.50 bits per heavy atom. The Labute approximate surface area is 219 Å². The van der Waals surface area contributed by atoms with Crippen LogP contribution in [-0.2, 0) is 6.61 Å². The number of rotatable bonds is 6. The third-order valence-corrected chi connectivity index (χ3v) is 6.24. The predicted octanol–water partition coefficient (Wildman–Crippen LogP) is 7.08. The summed E-state index contributed by atoms with van der Waals surface area (Å²) < 4.78 is 21.2. The highest BCUT2D eigenvalue weighted by atomic mass is 79.9. The van der Waals surface area contributed by atoms with E-state index in [1.807, 2.05) is 36.4 Å². The maximum Gasteiger partial charge on any atom is 0.282 e. The van der Waals surface area contributed by atoms with Crippen LogP contribution in [0.2, 0.25) is 5.02 Å². The fourth-order valence-electron chi connectivity index (χ4n) is 3.69. The van der Waals surface area contributed by atoms with Crippen LogP contribution in [0.15, 0.2) is 105 Å². The van der Waals surface area contributed by atoms with Crippen LogP contribution in [0.3, 0.4) is 0 Å². The molecule has 0 aliphatic carbocycles. The van der Waals surface area contributed by atoms with Gasteiger partial charge in [-0.05, 0) is 57.9 Å². The quantitative estimate of drug-likeness (QED) is 0.208. The maximum absolute atomic E-state index is 13.4. The summed E-state index contributed by atoms with van der Waals surface area (Å²) >= 11 is 9.80. The molecule has 0 N–H and O–H groups in total. The molecule has 0 spiro atoms. The van der Waals surface area contributed by atoms with E-state index in [0.717, 1.165) is 11.1 Å². The molecule has 36 heavy (non-hydrogen) atoms. The number of fused-ring (bicyclic) bond motifs is 1. The zero-order chi connectivity index (χ0) is 25.1. The molecule has 0 radical (unpaired) electrons. The largest absolute Gasteiger partial charge is 0.487 e. The van der Waals surface area contributed by atoms with Gasteiger partial charge < -0.3 is 4.74 Å². The van der Waals surface area contributed by atoms with E-state index in [2.05, 4.69) is 21.0 Å². The Bertz CT molecular complexity index is 1640. The molecule has 0 amide bonds. The van der Waals surface area contributed by atoms with Gasteiger partial charge in [0.1, 0.15) is 18.2 Å². The Kier molecular flexibility index (Phi) is 6.93. The van der Waals surface area contributed by atoms with Crippen LogP contribution in [-0.4, -0.2) is 15.9 Å². The van der Waals surface area contributed by atoms with Gasteiger partial charge in [0.2, 0.25) is 0 Å². The lowest BCUT2D eigenvalue weighted by Crippen LogP contribution is -2.20. The number of halogens is 3. The molecule has 0 unspecified atom stereocenters. The molecule has 5 rings (SSSR count). The van der Waals surface area contributed by atoms with Crippen molar-refractivity contribution in [1.29, 1.82) is 0 Å². The molecule has 0 atom stereocenters. The van der Waals surface area contributed by atoms with Gasteiger partial charge in [-0.1, -0.05) is 66.2 Å². The predicted molar refractivity (Wildman–Crippen MR) is 144 cm³/mol. The number of benzene rings is 4. The van der Waals surface area contributed by atoms with Gasteiger partial charge in [-0.15, -0.1) is 0 Å². The second-order valence-corrected chi connectivity index (χ2v) is 9.19. The summed E-state index contributed by atoms with van der Waals surface area (Å²) in [6.07, 6.45) is 1.51. The first-order valence-electron chi connectivity index (χ1n) is 11.0. The van der Waals surface area contributed by atoms with Gasteiger partial charge >= 0.3 is 0 Å². The van der Waals surface area contributed by atoms with Gasteiger partial charge in [0, 0.05) is 16.1 Å². The number of para-hydroxylation sites is 1. The first-order valence-corrected chi connectivity index (χ1v) is 12.1. The molecule has 1 heterocycles. The van der Waals surface area contributed by atoms with Crippen molar-refractivity contribution in [3.63, 3.8) is 0 Å². The van der Waals surface area contributed by atoms with Crippen LogP contribution in [0.25, 0.3) is 22.3 Å². The van der Waals surface area contributed by atoms with Gasteiger partial charge in [-0.2, -0.15) is 9.78 Å². The molecule has 0 aliphatic rings. The lowest BCUT2D eigenvalue weighted by atomic mass is 10.2. The Morgan fingerprint density at radius 2 is 1.72 bits per heavy atom. The van der Waals surface area contributed by atoms with Crippen molar-refractivity contribution >= 4 is 44.6 Å². The van der Waals surface area contributed by atoms with Gasteiger partial charge in [-0.3, -0.25) is 4.79 Å². The molecule has 8 heteroatoms. The summed E-state index contributed by atoms with van der Waals surface area (Å²) in [5.41, 5.74) is 2.38. The molecule has 5 nitrogen and oxygen atoms in total. The number of ether oxygens (including phenoxy) is 1. The van der Waals surface area contributed by atoms with Gasteiger partial charge in [0.05, 0.1) is 21.6 Å². The van der Waals surface area contributed by atoms with Crippen LogP contribution in [0.4, 0.5) is 4.39 Å². The molecule has 0 saturated carbocycles. The van der Waals surface area contributed by atoms with Crippen LogP contribution >= 0.6 is 27.5 Å². The van der Waals surface area contributed by atoms with Crippen LogP contribution in [0.1, 0.15) is 11.1 Å². The molecule has 0 saturated heterocycles. The number of hydrogen-bond acceptors (Lipinski definition) is 4. The van der Waals surface area contributed by atoms with Crippen molar-refractivity contribution in [3.8, 4) is 17.1 Å². The monoisotopic (exact) mass is 561 g/mol. The summed E-state index contributed by atoms with van der Waals surface area (Å²) in [6, 6.07) is 26.0. The van der Waals surface area contributed by atoms with Gasteiger partial charge in [-0.25, -0.2) is 9.37 Å². The number of aromatic nitrogens is 2. The van der Waals surface area contributed by atoms with Crippen LogP contribution in [0, 0.1) is 5.82 Å². The fourth-order valence-corrected chi connectivity index (χ4v) is 4.64. The summed E-state index contributed by atoms with van der Waals surface area (Å²) in [7, 11) is 0. The van der Waals surface area contributed by atoms with Crippen LogP contribution < -0.4 is 10.3 Å². The van der Waals surface area contributed by atoms with E-state index >= 15 is 0 Å². The lowest BCUT2D eigenvalue weighted by molar-refractivity contribution is 0.303. The molecule has 0 bridgehead atoms. The Balaban J connectivity index is 1.59. The molecule has 1 aromatic heterocycles. The SMILES string of the molecule is O=c1c2ccccc2nc(-c2ccccc2)n1N=Cc1cc(Cl)cc(Br)c1OCc1ccc(F)cc1. The third-order valence-electron chi connectivity index (χ3n) is 5.43. The highest BCUT2D eigenvalue weighted by Crippen LogP contribution is 2.32. The van der Waals surface area contributed by atoms with E-state index in [4.69, 9.17) is 21.3 Å². The topological polar surface area (TPSA) is 56.5 Å². The van der Waals surface area contributed by atoms with Crippen LogP contribution in [0.5, 0.6) is 5.75 Å². The van der Waals surface area contributed by atoms with Crippen molar-refractivity contribution in [2.45, 2.75) is 6.61 Å². The first kappa shape index (κ1) is 23.9. The maximum atomic E-state index is 13.4. The van der Waals surface area contributed by atoms with Gasteiger partial charge in [0.25, 0.3) is 5.56 Å². The molecular formula is C28H18BrClFN3O2. The van der Waals surface area contributed by atoms with Crippen molar-refractivity contribution in [3.05, 3.63) is 128 Å². The summed E-state index contributed by atoms with van der Waals surface area (Å²) in [5.74, 6) is 0.573. The second kappa shape index (κ2) is 10.4. The summed E-state index contributed by atoms with van der Waals surface area (Å²) in [4.78, 5) is 18.1. The second-order valence-electron chi connectivity index (χ2n) is 7.90. The van der Waals surface area contributed by atoms with E-state index in [1.165, 1.54) is 23.0 Å². The van der Waals surface area contributed by atoms with E-state index in [-0.39, 0.29) is 18.0 Å². The average molecular weight is 563 g/mol. The highest BCUT2D eigenvalue weighted by Gasteiger charge is 2.14. The lowest BCUT2D eigenvalue weighted by Gasteiger charge is -2.13. The first-order chi connectivity index (χ1) is 17.5. The van der Waals surface area contributed by atoms with E-state index in [9.17, 15) is 9.18 Å². The number of hydrogen-bond donors (Lipinski definition) is 0. The number of nitrogens with zero attached hydrogens (tertiary/aromatic N) is 3. The molecule has 0 aliphatic heterocycles. The minimum absolute atomic E-state index is 0.202. The molecule has 5 aromatic rings. The van der Waals surface area contributed by atoms with Crippen molar-refractivity contribution in [1.82, 2.24) is 9.66 Å². The summed E-state index contributed by atoms with van der Waals surface area (Å²) in [6.45, 7) is 0.202. The minimum Gasteiger partial charge on any atom is -0.487 e. The smallest absolute Gasteiger partial charge is 0.282 e. The van der Waals surface area contributed by atoms with Crippen molar-refractivity contribution < 1.29 is 9.13 Å². The molecule has 4 aromatic carbocycles. The molecule has 0 fully saturated rings. The summed E-state index contributed by atoms with van der Waals surface area (Å²) in [5, 5.41) is 5.44.